The van der Waals surface area contributed by atoms with Gasteiger partial charge in [0, 0.05) is 11.1 Å². The zero-order valence-corrected chi connectivity index (χ0v) is 6.15. The molecule has 0 bridgehead atoms. The summed E-state index contributed by atoms with van der Waals surface area (Å²) in [4.78, 5) is 10.6. The van der Waals surface area contributed by atoms with Crippen LogP contribution >= 0.6 is 0 Å². The molecule has 0 amide bonds. The summed E-state index contributed by atoms with van der Waals surface area (Å²) in [7, 11) is 0. The van der Waals surface area contributed by atoms with Gasteiger partial charge in [-0.15, -0.1) is 0 Å². The maximum Gasteiger partial charge on any atom is 0.336 e. The highest BCUT2D eigenvalue weighted by molar-refractivity contribution is 5.97. The maximum atomic E-state index is 10.6. The quantitative estimate of drug-likeness (QED) is 0.698. The number of rotatable bonds is 1. The number of carbonyl (C=O) groups is 1. The van der Waals surface area contributed by atoms with Crippen LogP contribution in [0.3, 0.4) is 0 Å². The molecule has 3 nitrogen and oxygen atoms in total. The Bertz CT molecular complexity index is 389. The molecular weight excluding hydrogens is 156 g/mol. The lowest BCUT2D eigenvalue weighted by atomic mass is 10.1. The minimum absolute atomic E-state index is 0.320. The molecule has 3 heteroatoms. The fourth-order valence-corrected chi connectivity index (χ4v) is 1.20. The molecule has 0 aromatic rings. The van der Waals surface area contributed by atoms with Gasteiger partial charge in [-0.05, 0) is 12.1 Å². The van der Waals surface area contributed by atoms with Crippen LogP contribution < -0.4 is 0 Å². The first kappa shape index (κ1) is 6.91. The Kier molecular flexibility index (Phi) is 1.37. The number of hydrogen-bond acceptors (Lipinski definition) is 2. The van der Waals surface area contributed by atoms with Crippen molar-refractivity contribution in [3.63, 3.8) is 0 Å². The second-order valence-electron chi connectivity index (χ2n) is 2.48. The van der Waals surface area contributed by atoms with Gasteiger partial charge in [-0.25, -0.2) is 4.79 Å². The van der Waals surface area contributed by atoms with Crippen LogP contribution in [0.25, 0.3) is 11.1 Å². The summed E-state index contributed by atoms with van der Waals surface area (Å²) in [5, 5.41) is 8.74. The van der Waals surface area contributed by atoms with E-state index >= 15 is 0 Å². The third kappa shape index (κ3) is 0.871. The molecule has 0 aromatic carbocycles. The Balaban J connectivity index is 2.67. The van der Waals surface area contributed by atoms with E-state index in [2.05, 4.69) is 0 Å². The van der Waals surface area contributed by atoms with E-state index in [0.29, 0.717) is 11.1 Å². The van der Waals surface area contributed by atoms with Gasteiger partial charge in [0.1, 0.15) is 0 Å². The van der Waals surface area contributed by atoms with Crippen molar-refractivity contribution < 1.29 is 14.3 Å². The molecule has 0 saturated carbocycles. The Labute approximate surface area is 68.6 Å². The standard InChI is InChI=1S/C9H6O3/c10-9(11)8-2-1-6-5-12-4-3-7(6)8/h1-5H,(H,10,11). The minimum atomic E-state index is -0.906. The molecule has 2 aliphatic rings. The summed E-state index contributed by atoms with van der Waals surface area (Å²) in [6.07, 6.45) is 3.00. The van der Waals surface area contributed by atoms with Crippen LogP contribution in [0.1, 0.15) is 10.4 Å². The van der Waals surface area contributed by atoms with Crippen LogP contribution in [0, 0.1) is 0 Å². The molecule has 60 valence electrons. The average Bonchev–Trinajstić information content (AvgIpc) is 2.47. The SMILES string of the molecule is O=C(O)c1ccc2coccc1-2. The van der Waals surface area contributed by atoms with Crippen molar-refractivity contribution >= 4 is 5.97 Å². The van der Waals surface area contributed by atoms with Crippen LogP contribution in [0.2, 0.25) is 0 Å². The second kappa shape index (κ2) is 2.37. The second-order valence-corrected chi connectivity index (χ2v) is 2.48. The number of carboxylic acids is 1. The summed E-state index contributed by atoms with van der Waals surface area (Å²) in [5.41, 5.74) is 1.85. The van der Waals surface area contributed by atoms with Crippen molar-refractivity contribution in [3.05, 3.63) is 36.3 Å². The highest BCUT2D eigenvalue weighted by Gasteiger charge is 2.13. The Morgan fingerprint density at radius 1 is 1.33 bits per heavy atom. The van der Waals surface area contributed by atoms with Gasteiger partial charge in [-0.2, -0.15) is 0 Å². The van der Waals surface area contributed by atoms with Crippen molar-refractivity contribution in [1.29, 1.82) is 0 Å². The monoisotopic (exact) mass is 162 g/mol. The van der Waals surface area contributed by atoms with E-state index in [1.165, 1.54) is 12.5 Å². The van der Waals surface area contributed by atoms with Crippen molar-refractivity contribution in [2.45, 2.75) is 0 Å². The number of fused-ring (bicyclic) bond motifs is 1. The highest BCUT2D eigenvalue weighted by atomic mass is 16.4. The Morgan fingerprint density at radius 2 is 2.17 bits per heavy atom. The van der Waals surface area contributed by atoms with Crippen molar-refractivity contribution in [2.24, 2.45) is 0 Å². The molecule has 0 radical (unpaired) electrons. The first-order valence-electron chi connectivity index (χ1n) is 3.47. The molecule has 0 saturated heterocycles. The van der Waals surface area contributed by atoms with Gasteiger partial charge in [-0.1, -0.05) is 6.07 Å². The topological polar surface area (TPSA) is 50.4 Å². The predicted octanol–water partition coefficient (Wildman–Crippen LogP) is 2.08. The van der Waals surface area contributed by atoms with E-state index in [9.17, 15) is 4.79 Å². The first-order valence-corrected chi connectivity index (χ1v) is 3.47. The van der Waals surface area contributed by atoms with E-state index in [1.807, 2.05) is 0 Å². The molecule has 1 aliphatic heterocycles. The van der Waals surface area contributed by atoms with E-state index in [1.54, 1.807) is 18.2 Å². The van der Waals surface area contributed by atoms with Crippen LogP contribution in [0.15, 0.2) is 35.1 Å². The van der Waals surface area contributed by atoms with E-state index in [0.717, 1.165) is 5.56 Å². The highest BCUT2D eigenvalue weighted by Crippen LogP contribution is 2.27. The molecule has 0 aromatic heterocycles. The van der Waals surface area contributed by atoms with E-state index < -0.39 is 5.97 Å². The third-order valence-electron chi connectivity index (χ3n) is 1.77. The van der Waals surface area contributed by atoms with Gasteiger partial charge in [-0.3, -0.25) is 0 Å². The molecule has 0 unspecified atom stereocenters. The molecule has 0 atom stereocenters. The smallest absolute Gasteiger partial charge is 0.336 e. The molecule has 1 aliphatic carbocycles. The minimum Gasteiger partial charge on any atom is -0.478 e. The molecular formula is C9H6O3. The van der Waals surface area contributed by atoms with Crippen LogP contribution in [0.4, 0.5) is 0 Å². The van der Waals surface area contributed by atoms with Crippen LogP contribution in [-0.2, 0) is 0 Å². The van der Waals surface area contributed by atoms with Crippen LogP contribution in [-0.4, -0.2) is 11.1 Å². The Morgan fingerprint density at radius 3 is 2.92 bits per heavy atom. The van der Waals surface area contributed by atoms with Crippen molar-refractivity contribution in [1.82, 2.24) is 0 Å². The summed E-state index contributed by atoms with van der Waals surface area (Å²) >= 11 is 0. The molecule has 1 heterocycles. The number of aromatic carboxylic acids is 1. The fraction of sp³-hybridized carbons (Fsp3) is 0. The average molecular weight is 162 g/mol. The normalized spacial score (nSPS) is 10.3. The van der Waals surface area contributed by atoms with Gasteiger partial charge in [0.05, 0.1) is 18.1 Å². The zero-order valence-electron chi connectivity index (χ0n) is 6.15. The van der Waals surface area contributed by atoms with Gasteiger partial charge in [0.15, 0.2) is 0 Å². The lowest BCUT2D eigenvalue weighted by Gasteiger charge is -1.97. The largest absolute Gasteiger partial charge is 0.478 e. The molecule has 2 rings (SSSR count). The van der Waals surface area contributed by atoms with Gasteiger partial charge < -0.3 is 9.52 Å². The third-order valence-corrected chi connectivity index (χ3v) is 1.77. The van der Waals surface area contributed by atoms with Crippen molar-refractivity contribution in [2.75, 3.05) is 0 Å². The summed E-state index contributed by atoms with van der Waals surface area (Å²) in [6, 6.07) is 4.95. The number of hydrogen-bond donors (Lipinski definition) is 1. The molecule has 0 spiro atoms. The lowest BCUT2D eigenvalue weighted by molar-refractivity contribution is 0.0698. The predicted molar refractivity (Wildman–Crippen MR) is 42.3 cm³/mol. The molecule has 1 N–H and O–H groups in total. The van der Waals surface area contributed by atoms with Gasteiger partial charge >= 0.3 is 5.97 Å². The lowest BCUT2D eigenvalue weighted by Crippen LogP contribution is -1.94. The summed E-state index contributed by atoms with van der Waals surface area (Å²) in [5.74, 6) is -0.906. The first-order chi connectivity index (χ1) is 5.79. The fourth-order valence-electron chi connectivity index (χ4n) is 1.20. The molecule has 0 fully saturated rings. The maximum absolute atomic E-state index is 10.6. The van der Waals surface area contributed by atoms with Crippen LogP contribution in [0.5, 0.6) is 0 Å². The molecule has 12 heavy (non-hydrogen) atoms. The zero-order chi connectivity index (χ0) is 8.55. The van der Waals surface area contributed by atoms with E-state index in [-0.39, 0.29) is 0 Å². The summed E-state index contributed by atoms with van der Waals surface area (Å²) < 4.78 is 4.89. The van der Waals surface area contributed by atoms with Crippen molar-refractivity contribution in [3.8, 4) is 11.1 Å². The summed E-state index contributed by atoms with van der Waals surface area (Å²) in [6.45, 7) is 0. The van der Waals surface area contributed by atoms with Gasteiger partial charge in [0.25, 0.3) is 0 Å². The van der Waals surface area contributed by atoms with E-state index in [4.69, 9.17) is 9.52 Å². The Hall–Kier alpha value is -1.77. The van der Waals surface area contributed by atoms with Gasteiger partial charge in [0.2, 0.25) is 0 Å². The number of carboxylic acid groups (broad SMARTS) is 1.